The first kappa shape index (κ1) is 100.0. The van der Waals surface area contributed by atoms with Crippen LogP contribution in [0, 0.1) is 0 Å². The number of hydrogen-bond donors (Lipinski definition) is 27. The van der Waals surface area contributed by atoms with E-state index in [4.69, 9.17) is 26.8 Å². The number of Topliss-reactive ketones (excluding diaryl/α,β-unsaturated/α-hetero) is 1. The zero-order valence-corrected chi connectivity index (χ0v) is 73.9. The van der Waals surface area contributed by atoms with E-state index in [1.807, 2.05) is 0 Å². The number of carbonyl (C=O) groups is 1. The molecule has 17 aromatic rings. The van der Waals surface area contributed by atoms with Crippen molar-refractivity contribution in [1.82, 2.24) is 0 Å². The highest BCUT2D eigenvalue weighted by molar-refractivity contribution is 6.15. The Kier molecular flexibility index (Phi) is 29.7. The summed E-state index contributed by atoms with van der Waals surface area (Å²) in [6, 6.07) is 42.7. The van der Waals surface area contributed by atoms with Gasteiger partial charge in [0.05, 0.1) is 39.3 Å². The first-order chi connectivity index (χ1) is 67.6. The van der Waals surface area contributed by atoms with Crippen LogP contribution >= 0.6 is 0 Å². The molecule has 0 fully saturated rings. The molecule has 39 heteroatoms. The van der Waals surface area contributed by atoms with Gasteiger partial charge in [0.25, 0.3) is 0 Å². The molecular weight excluding hydrogens is 1860 g/mol. The Bertz CT molecular complexity index is 7970. The van der Waals surface area contributed by atoms with Crippen LogP contribution in [0.25, 0.3) is 117 Å². The lowest BCUT2D eigenvalue weighted by Crippen LogP contribution is -2.16. The van der Waals surface area contributed by atoms with Crippen LogP contribution in [0.1, 0.15) is 92.6 Å². The molecule has 0 atom stereocenters. The third-order valence-electron chi connectivity index (χ3n) is 22.2. The Hall–Kier alpha value is -19.5. The second-order valence-corrected chi connectivity index (χ2v) is 31.9. The van der Waals surface area contributed by atoms with Gasteiger partial charge in [-0.25, -0.2) is 0 Å². The Morgan fingerprint density at radius 3 is 1.08 bits per heavy atom. The van der Waals surface area contributed by atoms with Crippen molar-refractivity contribution in [2.75, 3.05) is 6.61 Å². The standard InChI is InChI=1S/C28H36O6.C15H10O8.C15H10O7.3C15H10O6/c1-2-3-4-5-6-7-8-9-10-11-14-34-21-12-13-22-19(15-21)16-23(27(32)26(22)31)20-17-24(29)28(33)25(30)18-20;16-6-3-7(17)11-10(4-6)23-15(14(22)13(11)21)5-1-8(18)12(20)9(19)2-5;16-7-1-2-8-11(5-7)22-15(14(21)12(8)19)6-3-9(17)13(20)10(18)4-6;16-9-5-7(6-10(17)13(9)19)15-14(20)12(18)8-3-1-2-4-11(8)21-15;16-9-6-11(18)10(17)5-8(9)15-14(20)13(19)7-3-1-2-4-12(7)21-15;16-9-6-5-8(12(18)13(9)19)15-14(20)11(17)7-3-1-2-4-10(7)21-15/h12-13,15,17-18,29-30,32-33H,2-11,14,16H2,1H3;1-4,16-20,22H;1-5,16-18,20-21H;1-6,16-17,19-20H;1-6,16-18,20H;1-6,16,18-20H. The predicted octanol–water partition coefficient (Wildman–Crippen LogP) is 17.3. The molecule has 0 saturated heterocycles. The zero-order chi connectivity index (χ0) is 103. The van der Waals surface area contributed by atoms with E-state index in [1.165, 1.54) is 118 Å². The molecule has 1 aliphatic rings. The fraction of sp³-hybridized carbons (Fsp3) is 0.126. The van der Waals surface area contributed by atoms with Crippen molar-refractivity contribution in [3.63, 3.8) is 0 Å². The predicted molar refractivity (Wildman–Crippen MR) is 511 cm³/mol. The lowest BCUT2D eigenvalue weighted by atomic mass is 9.85. The van der Waals surface area contributed by atoms with Crippen molar-refractivity contribution in [3.8, 4) is 212 Å². The largest absolute Gasteiger partial charge is 0.508 e. The molecular formula is C103H86O39. The third kappa shape index (κ3) is 21.1. The van der Waals surface area contributed by atoms with Gasteiger partial charge in [0.1, 0.15) is 62.0 Å². The quantitative estimate of drug-likeness (QED) is 0.0215. The van der Waals surface area contributed by atoms with E-state index in [2.05, 4.69) is 6.92 Å². The Morgan fingerprint density at radius 1 is 0.254 bits per heavy atom. The topological polar surface area (TPSA) is 724 Å². The molecule has 5 aromatic heterocycles. The highest BCUT2D eigenvalue weighted by Gasteiger charge is 2.31. The van der Waals surface area contributed by atoms with Crippen molar-refractivity contribution < 1.29 is 169 Å². The molecule has 0 saturated carbocycles. The van der Waals surface area contributed by atoms with Gasteiger partial charge in [-0.2, -0.15) is 0 Å². The van der Waals surface area contributed by atoms with E-state index in [9.17, 15) is 167 Å². The number of allylic oxidation sites excluding steroid dienone is 2. The number of carbonyl (C=O) groups excluding carboxylic acids is 1. The molecule has 18 rings (SSSR count). The fourth-order valence-electron chi connectivity index (χ4n) is 14.9. The minimum atomic E-state index is -0.967. The van der Waals surface area contributed by atoms with Gasteiger partial charge in [-0.05, 0) is 151 Å². The lowest BCUT2D eigenvalue weighted by molar-refractivity contribution is 0.0975. The number of rotatable bonds is 18. The molecule has 27 N–H and O–H groups in total. The van der Waals surface area contributed by atoms with Crippen LogP contribution in [0.4, 0.5) is 0 Å². The van der Waals surface area contributed by atoms with E-state index in [0.717, 1.165) is 79.6 Å². The number of phenols is 21. The number of hydrogen-bond acceptors (Lipinski definition) is 39. The molecule has 0 aliphatic heterocycles. The summed E-state index contributed by atoms with van der Waals surface area (Å²) in [5.74, 6) is -17.7. The first-order valence-corrected chi connectivity index (χ1v) is 42.8. The van der Waals surface area contributed by atoms with E-state index in [1.54, 1.807) is 60.7 Å². The minimum absolute atomic E-state index is 0.0184. The second-order valence-electron chi connectivity index (χ2n) is 31.9. The van der Waals surface area contributed by atoms with Gasteiger partial charge in [-0.15, -0.1) is 0 Å². The molecule has 12 aromatic carbocycles. The summed E-state index contributed by atoms with van der Waals surface area (Å²) in [6.07, 6.45) is 12.8. The van der Waals surface area contributed by atoms with Gasteiger partial charge in [0.2, 0.25) is 67.4 Å². The number of para-hydroxylation sites is 3. The third-order valence-corrected chi connectivity index (χ3v) is 22.2. The van der Waals surface area contributed by atoms with Gasteiger partial charge in [-0.1, -0.05) is 101 Å². The summed E-state index contributed by atoms with van der Waals surface area (Å²) in [4.78, 5) is 73.2. The van der Waals surface area contributed by atoms with Crippen LogP contribution in [-0.4, -0.2) is 150 Å². The van der Waals surface area contributed by atoms with Crippen LogP contribution in [0.5, 0.6) is 155 Å². The number of aromatic hydroxyl groups is 26. The average Bonchev–Trinajstić information content (AvgIpc) is 0.770. The SMILES string of the molecule is CCCCCCCCCCCCOc1ccc2c(c1)CC(c1cc(O)c(O)c(O)c1)=C(O)C2=O.O=c1c(O)c(-c2cc(O)c(O)c(O)c2)oc2cc(O)cc(O)c12.O=c1c(O)c(-c2cc(O)c(O)c(O)c2)oc2cc(O)ccc12.O=c1c(O)c(-c2cc(O)c(O)c(O)c2)oc2ccccc12.O=c1c(O)c(-c2cc(O)c(O)cc2O)oc2ccccc12.O=c1c(O)c(-c2ccc(O)c(O)c2O)oc2ccccc12. The molecule has 0 unspecified atom stereocenters. The number of benzene rings is 12. The van der Waals surface area contributed by atoms with Crippen molar-refractivity contribution in [3.05, 3.63) is 268 Å². The van der Waals surface area contributed by atoms with Crippen LogP contribution in [0.3, 0.4) is 0 Å². The molecule has 732 valence electrons. The van der Waals surface area contributed by atoms with Gasteiger partial charge < -0.3 is 165 Å². The molecule has 0 amide bonds. The summed E-state index contributed by atoms with van der Waals surface area (Å²) in [6.45, 7) is 2.85. The summed E-state index contributed by atoms with van der Waals surface area (Å²) in [5.41, 5.74) is -1.76. The van der Waals surface area contributed by atoms with Crippen LogP contribution in [-0.2, 0) is 6.42 Å². The summed E-state index contributed by atoms with van der Waals surface area (Å²) < 4.78 is 32.9. The molecule has 142 heavy (non-hydrogen) atoms. The van der Waals surface area contributed by atoms with E-state index >= 15 is 0 Å². The number of phenolic OH excluding ortho intramolecular Hbond substituents is 21. The first-order valence-electron chi connectivity index (χ1n) is 42.8. The highest BCUT2D eigenvalue weighted by atomic mass is 16.5. The van der Waals surface area contributed by atoms with Crippen LogP contribution < -0.4 is 31.9 Å². The van der Waals surface area contributed by atoms with Gasteiger partial charge in [0, 0.05) is 58.5 Å². The molecule has 0 radical (unpaired) electrons. The summed E-state index contributed by atoms with van der Waals surface area (Å²) in [5, 5.41) is 261. The van der Waals surface area contributed by atoms with Gasteiger partial charge in [0.15, 0.2) is 127 Å². The number of aliphatic hydroxyl groups is 1. The fourth-order valence-corrected chi connectivity index (χ4v) is 14.9. The summed E-state index contributed by atoms with van der Waals surface area (Å²) >= 11 is 0. The number of ether oxygens (including phenoxy) is 1. The Morgan fingerprint density at radius 2 is 0.620 bits per heavy atom. The average molecular weight is 1950 g/mol. The van der Waals surface area contributed by atoms with Crippen LogP contribution in [0.2, 0.25) is 0 Å². The zero-order valence-electron chi connectivity index (χ0n) is 73.9. The minimum Gasteiger partial charge on any atom is -0.508 e. The molecule has 0 spiro atoms. The van der Waals surface area contributed by atoms with Crippen molar-refractivity contribution >= 4 is 66.2 Å². The number of aliphatic hydroxyl groups excluding tert-OH is 1. The van der Waals surface area contributed by atoms with Gasteiger partial charge >= 0.3 is 0 Å². The normalized spacial score (nSPS) is 11.5. The van der Waals surface area contributed by atoms with E-state index < -0.39 is 182 Å². The molecule has 5 heterocycles. The maximum Gasteiger partial charge on any atom is 0.238 e. The smallest absolute Gasteiger partial charge is 0.238 e. The molecule has 0 bridgehead atoms. The van der Waals surface area contributed by atoms with Gasteiger partial charge in [-0.3, -0.25) is 28.8 Å². The Balaban J connectivity index is 0.000000145. The molecule has 1 aliphatic carbocycles. The second kappa shape index (κ2) is 42.2. The number of unbranched alkanes of at least 4 members (excludes halogenated alkanes) is 9. The lowest BCUT2D eigenvalue weighted by Gasteiger charge is -2.20. The van der Waals surface area contributed by atoms with E-state index in [-0.39, 0.29) is 135 Å². The number of ketones is 1. The monoisotopic (exact) mass is 1950 g/mol. The Labute approximate surface area is 795 Å². The highest BCUT2D eigenvalue weighted by Crippen LogP contribution is 2.50. The van der Waals surface area contributed by atoms with E-state index in [0.29, 0.717) is 23.5 Å². The molecule has 39 nitrogen and oxygen atoms in total. The maximum atomic E-state index is 12.7. The summed E-state index contributed by atoms with van der Waals surface area (Å²) in [7, 11) is 0. The maximum absolute atomic E-state index is 12.7. The van der Waals surface area contributed by atoms with Crippen LogP contribution in [0.15, 0.2) is 246 Å². The van der Waals surface area contributed by atoms with Crippen molar-refractivity contribution in [1.29, 1.82) is 0 Å². The van der Waals surface area contributed by atoms with Crippen molar-refractivity contribution in [2.24, 2.45) is 0 Å². The number of fused-ring (bicyclic) bond motifs is 6. The van der Waals surface area contributed by atoms with Crippen molar-refractivity contribution in [2.45, 2.75) is 77.6 Å².